The van der Waals surface area contributed by atoms with Gasteiger partial charge in [-0.1, -0.05) is 18.2 Å². The Bertz CT molecular complexity index is 741. The van der Waals surface area contributed by atoms with Crippen molar-refractivity contribution in [1.29, 1.82) is 0 Å². The van der Waals surface area contributed by atoms with Crippen molar-refractivity contribution >= 4 is 35.8 Å². The average molecular weight is 328 g/mol. The molecule has 0 aliphatic heterocycles. The molecule has 0 bridgehead atoms. The molecule has 2 N–H and O–H groups in total. The number of halogens is 3. The topological polar surface area (TPSA) is 43.8 Å². The van der Waals surface area contributed by atoms with E-state index in [4.69, 9.17) is 5.73 Å². The van der Waals surface area contributed by atoms with Crippen molar-refractivity contribution < 1.29 is 4.39 Å². The Kier molecular flexibility index (Phi) is 5.72. The molecule has 3 aromatic rings. The molecule has 1 unspecified atom stereocenters. The smallest absolute Gasteiger partial charge is 0.147 e. The Hall–Kier alpha value is -1.62. The summed E-state index contributed by atoms with van der Waals surface area (Å²) >= 11 is 0. The zero-order chi connectivity index (χ0) is 13.4. The molecule has 0 saturated heterocycles. The van der Waals surface area contributed by atoms with Crippen LogP contribution in [0.4, 0.5) is 4.39 Å². The molecule has 0 fully saturated rings. The van der Waals surface area contributed by atoms with E-state index >= 15 is 0 Å². The Morgan fingerprint density at radius 1 is 1.14 bits per heavy atom. The first kappa shape index (κ1) is 17.4. The van der Waals surface area contributed by atoms with Crippen LogP contribution in [0.1, 0.15) is 18.5 Å². The largest absolute Gasteiger partial charge is 0.324 e. The van der Waals surface area contributed by atoms with E-state index in [-0.39, 0.29) is 36.7 Å². The normalized spacial score (nSPS) is 11.6. The van der Waals surface area contributed by atoms with E-state index in [0.29, 0.717) is 5.69 Å². The first-order valence-electron chi connectivity index (χ1n) is 6.14. The number of hydrogen-bond acceptors (Lipinski definition) is 2. The monoisotopic (exact) mass is 327 g/mol. The minimum Gasteiger partial charge on any atom is -0.324 e. The molecule has 2 aromatic carbocycles. The number of rotatable bonds is 2. The predicted octanol–water partition coefficient (Wildman–Crippen LogP) is 4.03. The minimum absolute atomic E-state index is 0. The fourth-order valence-corrected chi connectivity index (χ4v) is 2.15. The van der Waals surface area contributed by atoms with Crippen LogP contribution in [0.2, 0.25) is 0 Å². The van der Waals surface area contributed by atoms with Crippen LogP contribution in [-0.2, 0) is 0 Å². The van der Waals surface area contributed by atoms with Crippen molar-refractivity contribution in [3.63, 3.8) is 0 Å². The molecule has 3 rings (SSSR count). The lowest BCUT2D eigenvalue weighted by molar-refractivity contribution is 0.614. The summed E-state index contributed by atoms with van der Waals surface area (Å²) < 4.78 is 15.9. The first-order valence-corrected chi connectivity index (χ1v) is 6.14. The number of nitrogens with zero attached hydrogens (tertiary/aromatic N) is 2. The third-order valence-corrected chi connectivity index (χ3v) is 3.21. The Labute approximate surface area is 134 Å². The molecule has 6 heteroatoms. The molecule has 21 heavy (non-hydrogen) atoms. The lowest BCUT2D eigenvalue weighted by atomic mass is 10.1. The van der Waals surface area contributed by atoms with Gasteiger partial charge in [0.05, 0.1) is 16.7 Å². The van der Waals surface area contributed by atoms with E-state index in [0.717, 1.165) is 16.6 Å². The van der Waals surface area contributed by atoms with Gasteiger partial charge in [-0.2, -0.15) is 0 Å². The number of imidazole rings is 1. The highest BCUT2D eigenvalue weighted by atomic mass is 35.5. The van der Waals surface area contributed by atoms with Crippen molar-refractivity contribution in [2.75, 3.05) is 0 Å². The fourth-order valence-electron chi connectivity index (χ4n) is 2.15. The summed E-state index contributed by atoms with van der Waals surface area (Å²) in [7, 11) is 0. The zero-order valence-electron chi connectivity index (χ0n) is 11.4. The van der Waals surface area contributed by atoms with Crippen molar-refractivity contribution in [2.24, 2.45) is 5.73 Å². The predicted molar refractivity (Wildman–Crippen MR) is 88.1 cm³/mol. The molecule has 1 atom stereocenters. The van der Waals surface area contributed by atoms with Crippen LogP contribution >= 0.6 is 24.8 Å². The van der Waals surface area contributed by atoms with Crippen LogP contribution in [0.15, 0.2) is 48.8 Å². The van der Waals surface area contributed by atoms with Crippen LogP contribution in [0.3, 0.4) is 0 Å². The summed E-state index contributed by atoms with van der Waals surface area (Å²) in [5.41, 5.74) is 8.75. The molecular weight excluding hydrogens is 312 g/mol. The summed E-state index contributed by atoms with van der Waals surface area (Å²) in [4.78, 5) is 4.27. The van der Waals surface area contributed by atoms with Gasteiger partial charge in [-0.25, -0.2) is 9.37 Å². The summed E-state index contributed by atoms with van der Waals surface area (Å²) in [6.45, 7) is 1.83. The maximum atomic E-state index is 14.2. The number of para-hydroxylation sites is 2. The first-order chi connectivity index (χ1) is 9.16. The summed E-state index contributed by atoms with van der Waals surface area (Å²) in [5, 5.41) is 0. The van der Waals surface area contributed by atoms with Crippen molar-refractivity contribution in [3.8, 4) is 5.69 Å². The molecule has 0 aliphatic rings. The van der Waals surface area contributed by atoms with Gasteiger partial charge in [0.1, 0.15) is 12.1 Å². The maximum Gasteiger partial charge on any atom is 0.147 e. The molecule has 0 amide bonds. The Morgan fingerprint density at radius 2 is 1.86 bits per heavy atom. The maximum absolute atomic E-state index is 14.2. The van der Waals surface area contributed by atoms with Gasteiger partial charge in [0.15, 0.2) is 0 Å². The summed E-state index contributed by atoms with van der Waals surface area (Å²) in [5.74, 6) is -0.294. The molecule has 112 valence electrons. The van der Waals surface area contributed by atoms with E-state index < -0.39 is 0 Å². The Balaban J connectivity index is 0.00000110. The molecule has 0 radical (unpaired) electrons. The number of hydrogen-bond donors (Lipinski definition) is 1. The molecule has 0 spiro atoms. The van der Waals surface area contributed by atoms with Crippen molar-refractivity contribution in [1.82, 2.24) is 9.55 Å². The highest BCUT2D eigenvalue weighted by Gasteiger charge is 2.10. The second-order valence-corrected chi connectivity index (χ2v) is 4.60. The highest BCUT2D eigenvalue weighted by Crippen LogP contribution is 2.22. The van der Waals surface area contributed by atoms with E-state index in [1.807, 2.05) is 37.3 Å². The number of nitrogens with two attached hydrogens (primary N) is 1. The number of benzene rings is 2. The van der Waals surface area contributed by atoms with Gasteiger partial charge in [0.25, 0.3) is 0 Å². The van der Waals surface area contributed by atoms with Crippen LogP contribution in [-0.4, -0.2) is 9.55 Å². The van der Waals surface area contributed by atoms with Crippen LogP contribution in [0.5, 0.6) is 0 Å². The number of aromatic nitrogens is 2. The van der Waals surface area contributed by atoms with Gasteiger partial charge in [-0.05, 0) is 36.8 Å². The third-order valence-electron chi connectivity index (χ3n) is 3.21. The fraction of sp³-hybridized carbons (Fsp3) is 0.133. The van der Waals surface area contributed by atoms with Gasteiger partial charge < -0.3 is 5.73 Å². The van der Waals surface area contributed by atoms with Crippen molar-refractivity contribution in [3.05, 3.63) is 60.2 Å². The lowest BCUT2D eigenvalue weighted by Crippen LogP contribution is -2.06. The molecular formula is C15H16Cl2FN3. The van der Waals surface area contributed by atoms with Crippen molar-refractivity contribution in [2.45, 2.75) is 13.0 Å². The Morgan fingerprint density at radius 3 is 2.52 bits per heavy atom. The van der Waals surface area contributed by atoms with Gasteiger partial charge in [0.2, 0.25) is 0 Å². The van der Waals surface area contributed by atoms with Crippen LogP contribution in [0, 0.1) is 5.82 Å². The summed E-state index contributed by atoms with van der Waals surface area (Å²) in [6.07, 6.45) is 1.63. The van der Waals surface area contributed by atoms with Crippen LogP contribution < -0.4 is 5.73 Å². The molecule has 3 nitrogen and oxygen atoms in total. The van der Waals surface area contributed by atoms with E-state index in [1.54, 1.807) is 17.0 Å². The molecule has 0 aliphatic carbocycles. The molecule has 1 heterocycles. The lowest BCUT2D eigenvalue weighted by Gasteiger charge is -2.10. The second-order valence-electron chi connectivity index (χ2n) is 4.60. The van der Waals surface area contributed by atoms with E-state index in [1.165, 1.54) is 6.07 Å². The zero-order valence-corrected chi connectivity index (χ0v) is 13.0. The standard InChI is InChI=1S/C15H14FN3.2ClH/c1-10(17)11-6-7-14(12(16)8-11)19-9-18-13-4-2-3-5-15(13)19;;/h2-10H,17H2,1H3;2*1H. The van der Waals surface area contributed by atoms with Gasteiger partial charge in [-0.3, -0.25) is 4.57 Å². The summed E-state index contributed by atoms with van der Waals surface area (Å²) in [6, 6.07) is 12.5. The van der Waals surface area contributed by atoms with Crippen LogP contribution in [0.25, 0.3) is 16.7 Å². The second kappa shape index (κ2) is 6.89. The van der Waals surface area contributed by atoms with Gasteiger partial charge in [0, 0.05) is 6.04 Å². The van der Waals surface area contributed by atoms with E-state index in [2.05, 4.69) is 4.98 Å². The average Bonchev–Trinajstić information content (AvgIpc) is 2.82. The highest BCUT2D eigenvalue weighted by molar-refractivity contribution is 5.85. The minimum atomic E-state index is -0.294. The molecule has 1 aromatic heterocycles. The number of fused-ring (bicyclic) bond motifs is 1. The molecule has 0 saturated carbocycles. The van der Waals surface area contributed by atoms with Gasteiger partial charge >= 0.3 is 0 Å². The quantitative estimate of drug-likeness (QED) is 0.772. The van der Waals surface area contributed by atoms with E-state index in [9.17, 15) is 4.39 Å². The SMILES string of the molecule is CC(N)c1ccc(-n2cnc3ccccc32)c(F)c1.Cl.Cl. The third kappa shape index (κ3) is 3.18. The van der Waals surface area contributed by atoms with Gasteiger partial charge in [-0.15, -0.1) is 24.8 Å².